The lowest BCUT2D eigenvalue weighted by Crippen LogP contribution is -2.45. The minimum Gasteiger partial charge on any atom is -0.377 e. The number of ether oxygens (including phenoxy) is 2. The van der Waals surface area contributed by atoms with Gasteiger partial charge in [-0.3, -0.25) is 9.69 Å². The molecule has 1 N–H and O–H groups in total. The molecule has 0 aromatic heterocycles. The third-order valence-corrected chi connectivity index (χ3v) is 2.24. The molecule has 6 heteroatoms. The summed E-state index contributed by atoms with van der Waals surface area (Å²) >= 11 is 0. The van der Waals surface area contributed by atoms with Crippen LogP contribution < -0.4 is 5.32 Å². The van der Waals surface area contributed by atoms with Crippen LogP contribution >= 0.6 is 0 Å². The fourth-order valence-corrected chi connectivity index (χ4v) is 1.56. The lowest BCUT2D eigenvalue weighted by Gasteiger charge is -2.22. The van der Waals surface area contributed by atoms with Gasteiger partial charge in [0, 0.05) is 0 Å². The standard InChI is InChI=1S/C8H12N2O4/c11-7-3-9-8(12)10(7)6-4-13-1-2-14-5-6/h6H,1-5H2,(H,9,12). The van der Waals surface area contributed by atoms with Gasteiger partial charge >= 0.3 is 6.03 Å². The van der Waals surface area contributed by atoms with Crippen LogP contribution in [0.2, 0.25) is 0 Å². The Labute approximate surface area is 81.1 Å². The van der Waals surface area contributed by atoms with Crippen LogP contribution in [0.3, 0.4) is 0 Å². The summed E-state index contributed by atoms with van der Waals surface area (Å²) in [4.78, 5) is 23.8. The summed E-state index contributed by atoms with van der Waals surface area (Å²) in [5.41, 5.74) is 0. The van der Waals surface area contributed by atoms with Crippen LogP contribution in [0.1, 0.15) is 0 Å². The SMILES string of the molecule is O=C1CNC(=O)N1C1COCCOC1. The summed E-state index contributed by atoms with van der Waals surface area (Å²) in [6, 6.07) is -0.637. The van der Waals surface area contributed by atoms with Crippen molar-refractivity contribution in [2.75, 3.05) is 33.0 Å². The molecule has 2 heterocycles. The summed E-state index contributed by atoms with van der Waals surface area (Å²) in [6.45, 7) is 1.83. The molecule has 0 aliphatic carbocycles. The van der Waals surface area contributed by atoms with Crippen molar-refractivity contribution in [2.24, 2.45) is 0 Å². The average molecular weight is 200 g/mol. The molecule has 2 saturated heterocycles. The van der Waals surface area contributed by atoms with Gasteiger partial charge in [0.15, 0.2) is 0 Å². The monoisotopic (exact) mass is 200 g/mol. The van der Waals surface area contributed by atoms with Gasteiger partial charge in [-0.15, -0.1) is 0 Å². The van der Waals surface area contributed by atoms with Crippen LogP contribution in [0.4, 0.5) is 4.79 Å². The Morgan fingerprint density at radius 2 is 1.86 bits per heavy atom. The maximum atomic E-state index is 11.3. The first-order valence-corrected chi connectivity index (χ1v) is 4.54. The van der Waals surface area contributed by atoms with E-state index in [1.807, 2.05) is 0 Å². The number of nitrogens with zero attached hydrogens (tertiary/aromatic N) is 1. The van der Waals surface area contributed by atoms with E-state index in [0.717, 1.165) is 0 Å². The second-order valence-corrected chi connectivity index (χ2v) is 3.23. The quantitative estimate of drug-likeness (QED) is 0.549. The fraction of sp³-hybridized carbons (Fsp3) is 0.750. The van der Waals surface area contributed by atoms with Gasteiger partial charge in [0.1, 0.15) is 0 Å². The third-order valence-electron chi connectivity index (χ3n) is 2.24. The van der Waals surface area contributed by atoms with Gasteiger partial charge in [0.05, 0.1) is 39.0 Å². The molecule has 0 unspecified atom stereocenters. The topological polar surface area (TPSA) is 67.9 Å². The van der Waals surface area contributed by atoms with E-state index in [2.05, 4.69) is 5.32 Å². The van der Waals surface area contributed by atoms with Crippen molar-refractivity contribution in [1.82, 2.24) is 10.2 Å². The number of imide groups is 1. The van der Waals surface area contributed by atoms with Crippen LogP contribution in [-0.4, -0.2) is 55.9 Å². The predicted octanol–water partition coefficient (Wildman–Crippen LogP) is -1.05. The van der Waals surface area contributed by atoms with Crippen LogP contribution in [0.5, 0.6) is 0 Å². The minimum atomic E-state index is -0.353. The largest absolute Gasteiger partial charge is 0.377 e. The van der Waals surface area contributed by atoms with Crippen molar-refractivity contribution in [3.05, 3.63) is 0 Å². The second-order valence-electron chi connectivity index (χ2n) is 3.23. The van der Waals surface area contributed by atoms with Crippen LogP contribution in [0.15, 0.2) is 0 Å². The zero-order chi connectivity index (χ0) is 9.97. The van der Waals surface area contributed by atoms with E-state index in [0.29, 0.717) is 26.4 Å². The molecule has 0 saturated carbocycles. The lowest BCUT2D eigenvalue weighted by molar-refractivity contribution is -0.127. The molecule has 14 heavy (non-hydrogen) atoms. The van der Waals surface area contributed by atoms with E-state index in [1.54, 1.807) is 0 Å². The van der Waals surface area contributed by atoms with Gasteiger partial charge in [0.2, 0.25) is 5.91 Å². The first-order chi connectivity index (χ1) is 6.79. The molecule has 0 bridgehead atoms. The third kappa shape index (κ3) is 1.71. The minimum absolute atomic E-state index is 0.0787. The van der Waals surface area contributed by atoms with Crippen molar-refractivity contribution in [3.8, 4) is 0 Å². The number of carbonyl (C=O) groups is 2. The van der Waals surface area contributed by atoms with Crippen molar-refractivity contribution in [1.29, 1.82) is 0 Å². The summed E-state index contributed by atoms with van der Waals surface area (Å²) in [5.74, 6) is -0.214. The van der Waals surface area contributed by atoms with Gasteiger partial charge in [-0.1, -0.05) is 0 Å². The van der Waals surface area contributed by atoms with E-state index >= 15 is 0 Å². The fourth-order valence-electron chi connectivity index (χ4n) is 1.56. The molecule has 2 fully saturated rings. The molecule has 6 nitrogen and oxygen atoms in total. The lowest BCUT2D eigenvalue weighted by atomic mass is 10.3. The molecular weight excluding hydrogens is 188 g/mol. The van der Waals surface area contributed by atoms with E-state index in [-0.39, 0.29) is 24.5 Å². The molecule has 0 atom stereocenters. The predicted molar refractivity (Wildman–Crippen MR) is 45.7 cm³/mol. The molecule has 0 spiro atoms. The highest BCUT2D eigenvalue weighted by Crippen LogP contribution is 2.09. The van der Waals surface area contributed by atoms with Crippen molar-refractivity contribution < 1.29 is 19.1 Å². The van der Waals surface area contributed by atoms with Gasteiger partial charge in [0.25, 0.3) is 0 Å². The molecule has 0 aromatic rings. The van der Waals surface area contributed by atoms with Crippen molar-refractivity contribution >= 4 is 11.9 Å². The van der Waals surface area contributed by atoms with E-state index in [9.17, 15) is 9.59 Å². The zero-order valence-corrected chi connectivity index (χ0v) is 7.69. The Bertz CT molecular complexity index is 232. The van der Waals surface area contributed by atoms with Crippen LogP contribution in [0.25, 0.3) is 0 Å². The van der Waals surface area contributed by atoms with E-state index < -0.39 is 0 Å². The summed E-state index contributed by atoms with van der Waals surface area (Å²) < 4.78 is 10.4. The van der Waals surface area contributed by atoms with Crippen molar-refractivity contribution in [3.63, 3.8) is 0 Å². The maximum Gasteiger partial charge on any atom is 0.325 e. The average Bonchev–Trinajstić information content (AvgIpc) is 2.45. The first-order valence-electron chi connectivity index (χ1n) is 4.54. The number of hydrogen-bond donors (Lipinski definition) is 1. The number of hydrogen-bond acceptors (Lipinski definition) is 4. The Morgan fingerprint density at radius 1 is 1.21 bits per heavy atom. The maximum absolute atomic E-state index is 11.3. The molecule has 2 rings (SSSR count). The second kappa shape index (κ2) is 3.93. The number of rotatable bonds is 1. The number of carbonyl (C=O) groups excluding carboxylic acids is 2. The van der Waals surface area contributed by atoms with Gasteiger partial charge in [-0.05, 0) is 0 Å². The van der Waals surface area contributed by atoms with Gasteiger partial charge in [-0.25, -0.2) is 4.79 Å². The summed E-state index contributed by atoms with van der Waals surface area (Å²) in [6.07, 6.45) is 0. The van der Waals surface area contributed by atoms with Crippen molar-refractivity contribution in [2.45, 2.75) is 6.04 Å². The Hall–Kier alpha value is -1.14. The zero-order valence-electron chi connectivity index (χ0n) is 7.69. The number of nitrogens with one attached hydrogen (secondary N) is 1. The smallest absolute Gasteiger partial charge is 0.325 e. The molecule has 2 aliphatic heterocycles. The summed E-state index contributed by atoms with van der Waals surface area (Å²) in [7, 11) is 0. The highest BCUT2D eigenvalue weighted by molar-refractivity contribution is 6.02. The number of amides is 3. The molecule has 78 valence electrons. The normalized spacial score (nSPS) is 25.0. The summed E-state index contributed by atoms with van der Waals surface area (Å²) in [5, 5.41) is 2.46. The Balaban J connectivity index is 2.04. The molecule has 0 aromatic carbocycles. The van der Waals surface area contributed by atoms with Gasteiger partial charge in [-0.2, -0.15) is 0 Å². The van der Waals surface area contributed by atoms with Crippen LogP contribution in [-0.2, 0) is 14.3 Å². The molecular formula is C8H12N2O4. The first kappa shape index (κ1) is 9.42. The Morgan fingerprint density at radius 3 is 2.36 bits per heavy atom. The molecule has 3 amide bonds. The highest BCUT2D eigenvalue weighted by Gasteiger charge is 2.35. The highest BCUT2D eigenvalue weighted by atomic mass is 16.5. The molecule has 0 radical (unpaired) electrons. The van der Waals surface area contributed by atoms with Gasteiger partial charge < -0.3 is 14.8 Å². The van der Waals surface area contributed by atoms with E-state index in [4.69, 9.17) is 9.47 Å². The Kier molecular flexibility index (Phi) is 2.64. The number of urea groups is 1. The molecule has 2 aliphatic rings. The van der Waals surface area contributed by atoms with Crippen LogP contribution in [0, 0.1) is 0 Å². The van der Waals surface area contributed by atoms with E-state index in [1.165, 1.54) is 4.90 Å².